The van der Waals surface area contributed by atoms with Gasteiger partial charge in [-0.3, -0.25) is 4.79 Å². The van der Waals surface area contributed by atoms with Gasteiger partial charge in [0.05, 0.1) is 24.3 Å². The molecule has 0 aliphatic heterocycles. The van der Waals surface area contributed by atoms with E-state index < -0.39 is 10.0 Å². The summed E-state index contributed by atoms with van der Waals surface area (Å²) in [5.74, 6) is 1.00. The van der Waals surface area contributed by atoms with Gasteiger partial charge in [-0.2, -0.15) is 0 Å². The second-order valence-electron chi connectivity index (χ2n) is 6.66. The van der Waals surface area contributed by atoms with E-state index in [0.29, 0.717) is 22.4 Å². The Morgan fingerprint density at radius 3 is 2.61 bits per heavy atom. The number of carbonyl (C=O) groups excluding carboxylic acids is 1. The smallest absolute Gasteiger partial charge is 0.240 e. The average Bonchev–Trinajstić information content (AvgIpc) is 3.11. The Morgan fingerprint density at radius 1 is 1.16 bits per heavy atom. The number of ether oxygens (including phenoxy) is 1. The van der Waals surface area contributed by atoms with Crippen molar-refractivity contribution in [2.24, 2.45) is 7.05 Å². The van der Waals surface area contributed by atoms with E-state index in [2.05, 4.69) is 20.2 Å². The summed E-state index contributed by atoms with van der Waals surface area (Å²) in [6, 6.07) is 13.7. The van der Waals surface area contributed by atoms with Crippen molar-refractivity contribution in [1.82, 2.24) is 19.5 Å². The first kappa shape index (κ1) is 22.8. The molecule has 0 unspecified atom stereocenters. The number of hydrogen-bond donors (Lipinski definition) is 2. The third kappa shape index (κ3) is 6.06. The highest BCUT2D eigenvalue weighted by molar-refractivity contribution is 7.99. The topological polar surface area (TPSA) is 115 Å². The minimum absolute atomic E-state index is 0.0176. The molecule has 0 bridgehead atoms. The van der Waals surface area contributed by atoms with Crippen molar-refractivity contribution >= 4 is 33.4 Å². The minimum Gasteiger partial charge on any atom is -0.497 e. The maximum atomic E-state index is 12.4. The zero-order valence-corrected chi connectivity index (χ0v) is 19.0. The molecule has 0 atom stereocenters. The summed E-state index contributed by atoms with van der Waals surface area (Å²) in [5, 5.41) is 11.4. The first-order valence-corrected chi connectivity index (χ1v) is 11.8. The van der Waals surface area contributed by atoms with Crippen molar-refractivity contribution in [3.8, 4) is 5.75 Å². The van der Waals surface area contributed by atoms with Gasteiger partial charge in [-0.15, -0.1) is 10.2 Å². The molecular weight excluding hydrogens is 438 g/mol. The highest BCUT2D eigenvalue weighted by Crippen LogP contribution is 2.19. The Hall–Kier alpha value is -2.89. The van der Waals surface area contributed by atoms with Gasteiger partial charge in [0.2, 0.25) is 15.9 Å². The third-order valence-corrected chi connectivity index (χ3v) is 6.80. The molecule has 1 amide bonds. The van der Waals surface area contributed by atoms with E-state index in [9.17, 15) is 13.2 Å². The first-order valence-electron chi connectivity index (χ1n) is 9.30. The van der Waals surface area contributed by atoms with Gasteiger partial charge >= 0.3 is 0 Å². The lowest BCUT2D eigenvalue weighted by atomic mass is 10.2. The summed E-state index contributed by atoms with van der Waals surface area (Å²) in [4.78, 5) is 12.4. The molecule has 0 radical (unpaired) electrons. The molecule has 0 saturated carbocycles. The van der Waals surface area contributed by atoms with Crippen LogP contribution < -0.4 is 14.8 Å². The van der Waals surface area contributed by atoms with E-state index in [-0.39, 0.29) is 23.1 Å². The molecule has 0 aliphatic carbocycles. The standard InChI is InChI=1S/C20H23N5O4S2/c1-14-7-9-17(10-8-14)31(27,28)21-12-18-23-24-20(25(18)2)30-13-19(26)22-15-5-4-6-16(11-15)29-3/h4-11,21H,12-13H2,1-3H3,(H,22,26). The molecule has 1 heterocycles. The molecule has 0 fully saturated rings. The Bertz CT molecular complexity index is 1160. The van der Waals surface area contributed by atoms with Gasteiger partial charge in [-0.1, -0.05) is 35.5 Å². The molecule has 9 nitrogen and oxygen atoms in total. The lowest BCUT2D eigenvalue weighted by Gasteiger charge is -2.08. The number of aryl methyl sites for hydroxylation is 1. The summed E-state index contributed by atoms with van der Waals surface area (Å²) < 4.78 is 34.2. The Labute approximate surface area is 185 Å². The molecule has 0 saturated heterocycles. The van der Waals surface area contributed by atoms with Crippen molar-refractivity contribution in [2.75, 3.05) is 18.2 Å². The second-order valence-corrected chi connectivity index (χ2v) is 9.37. The highest BCUT2D eigenvalue weighted by atomic mass is 32.2. The van der Waals surface area contributed by atoms with Crippen LogP contribution in [-0.2, 0) is 28.4 Å². The fourth-order valence-corrected chi connectivity index (χ4v) is 4.32. The number of rotatable bonds is 9. The molecule has 31 heavy (non-hydrogen) atoms. The average molecular weight is 462 g/mol. The van der Waals surface area contributed by atoms with Crippen LogP contribution in [0, 0.1) is 6.92 Å². The summed E-state index contributed by atoms with van der Waals surface area (Å²) in [6.45, 7) is 1.87. The van der Waals surface area contributed by atoms with Crippen LogP contribution in [0.3, 0.4) is 0 Å². The van der Waals surface area contributed by atoms with E-state index in [1.165, 1.54) is 11.8 Å². The molecule has 2 N–H and O–H groups in total. The van der Waals surface area contributed by atoms with Crippen molar-refractivity contribution in [2.45, 2.75) is 23.5 Å². The van der Waals surface area contributed by atoms with Gasteiger partial charge in [0.15, 0.2) is 5.16 Å². The van der Waals surface area contributed by atoms with Crippen molar-refractivity contribution in [3.63, 3.8) is 0 Å². The van der Waals surface area contributed by atoms with Crippen LogP contribution >= 0.6 is 11.8 Å². The van der Waals surface area contributed by atoms with Crippen LogP contribution in [0.25, 0.3) is 0 Å². The second kappa shape index (κ2) is 9.94. The third-order valence-electron chi connectivity index (χ3n) is 4.36. The van der Waals surface area contributed by atoms with Gasteiger partial charge in [-0.05, 0) is 31.2 Å². The zero-order chi connectivity index (χ0) is 22.4. The maximum absolute atomic E-state index is 12.4. The van der Waals surface area contributed by atoms with Crippen molar-refractivity contribution < 1.29 is 17.9 Å². The molecular formula is C20H23N5O4S2. The number of benzene rings is 2. The number of anilines is 1. The number of nitrogens with zero attached hydrogens (tertiary/aromatic N) is 3. The normalized spacial score (nSPS) is 11.3. The van der Waals surface area contributed by atoms with Crippen LogP contribution in [0.1, 0.15) is 11.4 Å². The predicted molar refractivity (Wildman–Crippen MR) is 119 cm³/mol. The van der Waals surface area contributed by atoms with Gasteiger partial charge < -0.3 is 14.6 Å². The van der Waals surface area contributed by atoms with Crippen molar-refractivity contribution in [3.05, 3.63) is 59.9 Å². The molecule has 164 valence electrons. The number of amides is 1. The fourth-order valence-electron chi connectivity index (χ4n) is 2.61. The molecule has 1 aromatic heterocycles. The van der Waals surface area contributed by atoms with E-state index in [1.807, 2.05) is 6.92 Å². The Balaban J connectivity index is 1.56. The van der Waals surface area contributed by atoms with E-state index in [4.69, 9.17) is 4.74 Å². The van der Waals surface area contributed by atoms with Crippen LogP contribution in [0.5, 0.6) is 5.75 Å². The molecule has 0 aliphatic rings. The van der Waals surface area contributed by atoms with Crippen LogP contribution in [0.4, 0.5) is 5.69 Å². The fraction of sp³-hybridized carbons (Fsp3) is 0.250. The number of carbonyl (C=O) groups is 1. The first-order chi connectivity index (χ1) is 14.8. The van der Waals surface area contributed by atoms with E-state index in [0.717, 1.165) is 5.56 Å². The largest absolute Gasteiger partial charge is 0.497 e. The van der Waals surface area contributed by atoms with Crippen LogP contribution in [0.15, 0.2) is 58.6 Å². The summed E-state index contributed by atoms with van der Waals surface area (Å²) in [6.07, 6.45) is 0. The molecule has 0 spiro atoms. The number of hydrogen-bond acceptors (Lipinski definition) is 7. The minimum atomic E-state index is -3.66. The molecule has 3 aromatic rings. The summed E-state index contributed by atoms with van der Waals surface area (Å²) in [7, 11) is -0.382. The summed E-state index contributed by atoms with van der Waals surface area (Å²) in [5.41, 5.74) is 1.61. The highest BCUT2D eigenvalue weighted by Gasteiger charge is 2.17. The lowest BCUT2D eigenvalue weighted by Crippen LogP contribution is -2.24. The maximum Gasteiger partial charge on any atom is 0.240 e. The number of nitrogens with one attached hydrogen (secondary N) is 2. The van der Waals surface area contributed by atoms with Crippen LogP contribution in [-0.4, -0.2) is 42.0 Å². The number of aromatic nitrogens is 3. The SMILES string of the molecule is COc1cccc(NC(=O)CSc2nnc(CNS(=O)(=O)c3ccc(C)cc3)n2C)c1. The van der Waals surface area contributed by atoms with Crippen molar-refractivity contribution in [1.29, 1.82) is 0 Å². The Kier molecular flexibility index (Phi) is 7.31. The van der Waals surface area contributed by atoms with Gasteiger partial charge in [0.25, 0.3) is 0 Å². The van der Waals surface area contributed by atoms with E-state index in [1.54, 1.807) is 67.3 Å². The zero-order valence-electron chi connectivity index (χ0n) is 17.3. The predicted octanol–water partition coefficient (Wildman–Crippen LogP) is 2.34. The molecule has 2 aromatic carbocycles. The van der Waals surface area contributed by atoms with Gasteiger partial charge in [0, 0.05) is 18.8 Å². The number of sulfonamides is 1. The van der Waals surface area contributed by atoms with Crippen LogP contribution in [0.2, 0.25) is 0 Å². The molecule has 11 heteroatoms. The Morgan fingerprint density at radius 2 is 1.90 bits per heavy atom. The van der Waals surface area contributed by atoms with E-state index >= 15 is 0 Å². The number of methoxy groups -OCH3 is 1. The summed E-state index contributed by atoms with van der Waals surface area (Å²) >= 11 is 1.21. The molecule has 3 rings (SSSR count). The van der Waals surface area contributed by atoms with Gasteiger partial charge in [-0.25, -0.2) is 13.1 Å². The van der Waals surface area contributed by atoms with Gasteiger partial charge in [0.1, 0.15) is 11.6 Å². The number of thioether (sulfide) groups is 1. The quantitative estimate of drug-likeness (QED) is 0.470. The lowest BCUT2D eigenvalue weighted by molar-refractivity contribution is -0.113. The monoisotopic (exact) mass is 461 g/mol.